The largest absolute Gasteiger partial charge is 0.0760 e. The zero-order chi connectivity index (χ0) is 23.2. The molecule has 0 radical (unpaired) electrons. The van der Waals surface area contributed by atoms with Gasteiger partial charge in [-0.2, -0.15) is 0 Å². The molecule has 0 heterocycles. The van der Waals surface area contributed by atoms with E-state index in [1.165, 1.54) is 72.1 Å². The lowest BCUT2D eigenvalue weighted by Gasteiger charge is -2.20. The lowest BCUT2D eigenvalue weighted by molar-refractivity contribution is 0.851. The zero-order valence-corrected chi connectivity index (χ0v) is 19.7. The summed E-state index contributed by atoms with van der Waals surface area (Å²) in [5, 5.41) is 7.86. The van der Waals surface area contributed by atoms with E-state index < -0.39 is 0 Å². The fraction of sp³-hybridized carbons (Fsp3) is 0.0857. The molecule has 7 rings (SSSR count). The first kappa shape index (κ1) is 20.2. The summed E-state index contributed by atoms with van der Waals surface area (Å²) < 4.78 is 0. The second-order valence-electron chi connectivity index (χ2n) is 9.57. The molecular formula is C35H26. The number of hydrogen-bond donors (Lipinski definition) is 0. The molecule has 0 N–H and O–H groups in total. The van der Waals surface area contributed by atoms with Crippen LogP contribution in [0.2, 0.25) is 0 Å². The van der Waals surface area contributed by atoms with Crippen LogP contribution in [0, 0.1) is 0 Å². The molecule has 6 aromatic rings. The van der Waals surface area contributed by atoms with Crippen molar-refractivity contribution in [1.29, 1.82) is 0 Å². The Morgan fingerprint density at radius 1 is 0.486 bits per heavy atom. The van der Waals surface area contributed by atoms with Gasteiger partial charge in [0.15, 0.2) is 0 Å². The Morgan fingerprint density at radius 2 is 1.09 bits per heavy atom. The van der Waals surface area contributed by atoms with Crippen molar-refractivity contribution in [3.05, 3.63) is 138 Å². The van der Waals surface area contributed by atoms with Crippen LogP contribution in [0.25, 0.3) is 49.0 Å². The summed E-state index contributed by atoms with van der Waals surface area (Å²) in [5.41, 5.74) is 8.21. The second-order valence-corrected chi connectivity index (χ2v) is 9.57. The quantitative estimate of drug-likeness (QED) is 0.232. The Kier molecular flexibility index (Phi) is 4.77. The van der Waals surface area contributed by atoms with Gasteiger partial charge < -0.3 is 0 Å². The molecule has 0 saturated heterocycles. The van der Waals surface area contributed by atoms with Crippen molar-refractivity contribution in [3.63, 3.8) is 0 Å². The highest BCUT2D eigenvalue weighted by Gasteiger charge is 2.20. The molecule has 0 spiro atoms. The van der Waals surface area contributed by atoms with E-state index in [0.29, 0.717) is 0 Å². The normalized spacial score (nSPS) is 13.5. The maximum atomic E-state index is 2.48. The Balaban J connectivity index is 1.61. The maximum Gasteiger partial charge on any atom is -0.00235 e. The number of benzene rings is 6. The van der Waals surface area contributed by atoms with Gasteiger partial charge in [0.1, 0.15) is 0 Å². The van der Waals surface area contributed by atoms with E-state index in [4.69, 9.17) is 0 Å². The fourth-order valence-corrected chi connectivity index (χ4v) is 5.96. The first-order valence-electron chi connectivity index (χ1n) is 12.6. The minimum absolute atomic E-state index is 1.11. The summed E-state index contributed by atoms with van der Waals surface area (Å²) in [7, 11) is 0. The average Bonchev–Trinajstić information content (AvgIpc) is 3.14. The van der Waals surface area contributed by atoms with Crippen molar-refractivity contribution in [1.82, 2.24) is 0 Å². The highest BCUT2D eigenvalue weighted by molar-refractivity contribution is 6.20. The molecule has 0 fully saturated rings. The van der Waals surface area contributed by atoms with Gasteiger partial charge in [0.05, 0.1) is 0 Å². The van der Waals surface area contributed by atoms with E-state index >= 15 is 0 Å². The van der Waals surface area contributed by atoms with E-state index in [-0.39, 0.29) is 0 Å². The van der Waals surface area contributed by atoms with Crippen molar-refractivity contribution in [3.8, 4) is 11.1 Å². The van der Waals surface area contributed by atoms with Crippen molar-refractivity contribution in [2.24, 2.45) is 0 Å². The van der Waals surface area contributed by atoms with Crippen molar-refractivity contribution in [2.75, 3.05) is 0 Å². The lowest BCUT2D eigenvalue weighted by Crippen LogP contribution is -1.97. The van der Waals surface area contributed by atoms with Gasteiger partial charge >= 0.3 is 0 Å². The third-order valence-corrected chi connectivity index (χ3v) is 7.55. The van der Waals surface area contributed by atoms with Gasteiger partial charge in [0.25, 0.3) is 0 Å². The molecule has 0 unspecified atom stereocenters. The first-order valence-corrected chi connectivity index (χ1v) is 12.6. The minimum atomic E-state index is 1.11. The summed E-state index contributed by atoms with van der Waals surface area (Å²) in [6, 6.07) is 42.5. The van der Waals surface area contributed by atoms with Gasteiger partial charge in [0.2, 0.25) is 0 Å². The van der Waals surface area contributed by atoms with E-state index in [1.807, 2.05) is 0 Å². The SMILES string of the molecule is C1=C(c2c3ccccc3c(-c3ccc4ccccc4c3)c3ccccc23)c2ccccc2CCC1. The molecule has 166 valence electrons. The Hall–Kier alpha value is -4.16. The van der Waals surface area contributed by atoms with Crippen molar-refractivity contribution >= 4 is 37.9 Å². The van der Waals surface area contributed by atoms with Crippen LogP contribution in [0.3, 0.4) is 0 Å². The van der Waals surface area contributed by atoms with Gasteiger partial charge in [-0.25, -0.2) is 0 Å². The van der Waals surface area contributed by atoms with Gasteiger partial charge in [0, 0.05) is 0 Å². The Labute approximate surface area is 206 Å². The van der Waals surface area contributed by atoms with Crippen LogP contribution >= 0.6 is 0 Å². The summed E-state index contributed by atoms with van der Waals surface area (Å²) >= 11 is 0. The number of aryl methyl sites for hydroxylation is 1. The van der Waals surface area contributed by atoms with Gasteiger partial charge in [-0.3, -0.25) is 0 Å². The minimum Gasteiger partial charge on any atom is -0.0760 e. The van der Waals surface area contributed by atoms with Gasteiger partial charge in [-0.15, -0.1) is 0 Å². The second kappa shape index (κ2) is 8.25. The number of rotatable bonds is 2. The number of hydrogen-bond acceptors (Lipinski definition) is 0. The molecule has 0 heteroatoms. The Morgan fingerprint density at radius 3 is 1.83 bits per heavy atom. The van der Waals surface area contributed by atoms with Crippen LogP contribution in [0.1, 0.15) is 29.5 Å². The van der Waals surface area contributed by atoms with E-state index in [9.17, 15) is 0 Å². The average molecular weight is 447 g/mol. The van der Waals surface area contributed by atoms with Crippen molar-refractivity contribution < 1.29 is 0 Å². The molecule has 0 bridgehead atoms. The molecular weight excluding hydrogens is 420 g/mol. The van der Waals surface area contributed by atoms with E-state index in [2.05, 4.69) is 121 Å². The number of fused-ring (bicyclic) bond motifs is 4. The molecule has 1 aliphatic rings. The third-order valence-electron chi connectivity index (χ3n) is 7.55. The molecule has 35 heavy (non-hydrogen) atoms. The molecule has 0 atom stereocenters. The Bertz CT molecular complexity index is 1710. The van der Waals surface area contributed by atoms with Gasteiger partial charge in [-0.05, 0) is 91.0 Å². The molecule has 0 aliphatic heterocycles. The molecule has 1 aliphatic carbocycles. The topological polar surface area (TPSA) is 0 Å². The number of allylic oxidation sites excluding steroid dienone is 1. The highest BCUT2D eigenvalue weighted by Crippen LogP contribution is 2.44. The summed E-state index contributed by atoms with van der Waals surface area (Å²) in [6.45, 7) is 0. The lowest BCUT2D eigenvalue weighted by atomic mass is 9.83. The van der Waals surface area contributed by atoms with E-state index in [0.717, 1.165) is 12.8 Å². The zero-order valence-electron chi connectivity index (χ0n) is 19.7. The summed E-state index contributed by atoms with van der Waals surface area (Å²) in [5.74, 6) is 0. The van der Waals surface area contributed by atoms with Crippen LogP contribution in [-0.4, -0.2) is 0 Å². The summed E-state index contributed by atoms with van der Waals surface area (Å²) in [6.07, 6.45) is 5.93. The van der Waals surface area contributed by atoms with Crippen molar-refractivity contribution in [2.45, 2.75) is 19.3 Å². The smallest absolute Gasteiger partial charge is 0.00235 e. The highest BCUT2D eigenvalue weighted by atomic mass is 14.2. The molecule has 0 nitrogen and oxygen atoms in total. The molecule has 0 aromatic heterocycles. The molecule has 0 saturated carbocycles. The van der Waals surface area contributed by atoms with Crippen LogP contribution in [-0.2, 0) is 6.42 Å². The standard InChI is InChI=1S/C35H26/c1-2-14-26-23-27(22-21-24(26)11-1)34-30-17-7-9-19-32(30)35(33-20-10-8-18-31(33)34)29-16-6-4-13-25-12-3-5-15-28(25)29/h1-3,5,7-12,14-23H,4,6,13H2. The predicted octanol–water partition coefficient (Wildman–Crippen LogP) is 9.58. The predicted molar refractivity (Wildman–Crippen MR) is 151 cm³/mol. The van der Waals surface area contributed by atoms with Gasteiger partial charge in [-0.1, -0.05) is 115 Å². The van der Waals surface area contributed by atoms with Crippen LogP contribution < -0.4 is 0 Å². The van der Waals surface area contributed by atoms with Crippen LogP contribution in [0.5, 0.6) is 0 Å². The first-order chi connectivity index (χ1) is 17.4. The maximum absolute atomic E-state index is 2.48. The fourth-order valence-electron chi connectivity index (χ4n) is 5.96. The molecule has 6 aromatic carbocycles. The van der Waals surface area contributed by atoms with Crippen LogP contribution in [0.4, 0.5) is 0 Å². The summed E-state index contributed by atoms with van der Waals surface area (Å²) in [4.78, 5) is 0. The van der Waals surface area contributed by atoms with Crippen LogP contribution in [0.15, 0.2) is 121 Å². The van der Waals surface area contributed by atoms with E-state index in [1.54, 1.807) is 0 Å². The monoisotopic (exact) mass is 446 g/mol. The molecule has 0 amide bonds. The third kappa shape index (κ3) is 3.29.